The molecule has 21 heavy (non-hydrogen) atoms. The molecule has 0 aliphatic carbocycles. The molecule has 1 fully saturated rings. The number of hydrogen-bond donors (Lipinski definition) is 0. The molecular formula is C17H18N4. The van der Waals surface area contributed by atoms with E-state index in [1.807, 2.05) is 25.1 Å². The number of aryl methyl sites for hydroxylation is 1. The van der Waals surface area contributed by atoms with Crippen LogP contribution in [0.15, 0.2) is 42.5 Å². The van der Waals surface area contributed by atoms with Gasteiger partial charge in [0.15, 0.2) is 0 Å². The lowest BCUT2D eigenvalue weighted by molar-refractivity contribution is 0.647. The van der Waals surface area contributed by atoms with Crippen LogP contribution in [-0.2, 0) is 0 Å². The van der Waals surface area contributed by atoms with Gasteiger partial charge >= 0.3 is 0 Å². The maximum Gasteiger partial charge on any atom is 0.130 e. The fourth-order valence-corrected chi connectivity index (χ4v) is 2.71. The maximum absolute atomic E-state index is 9.07. The number of hydrogen-bond acceptors (Lipinski definition) is 4. The first kappa shape index (κ1) is 13.4. The Balaban J connectivity index is 1.71. The standard InChI is InChI=1S/C17H18N4/c1-14-11-15(13-18)12-17(19-14)21-9-7-20(8-10-21)16-5-3-2-4-6-16/h2-6,11-12H,7-10H2,1H3. The molecule has 0 spiro atoms. The molecular weight excluding hydrogens is 260 g/mol. The zero-order chi connectivity index (χ0) is 14.7. The number of benzene rings is 1. The number of anilines is 2. The van der Waals surface area contributed by atoms with E-state index < -0.39 is 0 Å². The van der Waals surface area contributed by atoms with Crippen molar-refractivity contribution in [3.05, 3.63) is 53.7 Å². The lowest BCUT2D eigenvalue weighted by atomic mass is 10.2. The van der Waals surface area contributed by atoms with Gasteiger partial charge in [0.05, 0.1) is 11.6 Å². The Hall–Kier alpha value is -2.54. The van der Waals surface area contributed by atoms with Crippen molar-refractivity contribution >= 4 is 11.5 Å². The lowest BCUT2D eigenvalue weighted by Gasteiger charge is -2.36. The minimum absolute atomic E-state index is 0.683. The van der Waals surface area contributed by atoms with Gasteiger partial charge in [0.1, 0.15) is 5.82 Å². The van der Waals surface area contributed by atoms with E-state index in [-0.39, 0.29) is 0 Å². The van der Waals surface area contributed by atoms with Gasteiger partial charge < -0.3 is 9.80 Å². The van der Waals surface area contributed by atoms with Gasteiger partial charge in [-0.1, -0.05) is 18.2 Å². The summed E-state index contributed by atoms with van der Waals surface area (Å²) in [7, 11) is 0. The van der Waals surface area contributed by atoms with E-state index in [1.165, 1.54) is 5.69 Å². The number of nitriles is 1. The molecule has 1 aromatic heterocycles. The quantitative estimate of drug-likeness (QED) is 0.847. The van der Waals surface area contributed by atoms with Crippen LogP contribution in [0, 0.1) is 18.3 Å². The lowest BCUT2D eigenvalue weighted by Crippen LogP contribution is -2.46. The molecule has 1 aliphatic rings. The molecule has 2 heterocycles. The molecule has 1 aliphatic heterocycles. The summed E-state index contributed by atoms with van der Waals surface area (Å²) in [4.78, 5) is 9.20. The summed E-state index contributed by atoms with van der Waals surface area (Å²) in [5.74, 6) is 0.916. The largest absolute Gasteiger partial charge is 0.368 e. The molecule has 1 saturated heterocycles. The monoisotopic (exact) mass is 278 g/mol. The zero-order valence-electron chi connectivity index (χ0n) is 12.2. The summed E-state index contributed by atoms with van der Waals surface area (Å²) in [5, 5.41) is 9.07. The average Bonchev–Trinajstić information content (AvgIpc) is 2.55. The molecule has 4 heteroatoms. The smallest absolute Gasteiger partial charge is 0.130 e. The Labute approximate surface area is 125 Å². The Morgan fingerprint density at radius 3 is 2.33 bits per heavy atom. The molecule has 2 aromatic rings. The fourth-order valence-electron chi connectivity index (χ4n) is 2.71. The third-order valence-corrected chi connectivity index (χ3v) is 3.79. The second-order valence-electron chi connectivity index (χ2n) is 5.28. The summed E-state index contributed by atoms with van der Waals surface area (Å²) in [6, 6.07) is 16.4. The van der Waals surface area contributed by atoms with E-state index >= 15 is 0 Å². The Morgan fingerprint density at radius 2 is 1.67 bits per heavy atom. The SMILES string of the molecule is Cc1cc(C#N)cc(N2CCN(c3ccccc3)CC2)n1. The Bertz CT molecular complexity index is 652. The molecule has 0 bridgehead atoms. The van der Waals surface area contributed by atoms with E-state index in [9.17, 15) is 0 Å². The van der Waals surface area contributed by atoms with E-state index in [0.29, 0.717) is 5.56 Å². The molecule has 106 valence electrons. The third-order valence-electron chi connectivity index (χ3n) is 3.79. The first-order chi connectivity index (χ1) is 10.3. The average molecular weight is 278 g/mol. The van der Waals surface area contributed by atoms with Crippen LogP contribution in [0.1, 0.15) is 11.3 Å². The van der Waals surface area contributed by atoms with Crippen molar-refractivity contribution in [2.75, 3.05) is 36.0 Å². The Morgan fingerprint density at radius 1 is 1.00 bits per heavy atom. The summed E-state index contributed by atoms with van der Waals surface area (Å²) in [6.07, 6.45) is 0. The van der Waals surface area contributed by atoms with Crippen LogP contribution >= 0.6 is 0 Å². The van der Waals surface area contributed by atoms with E-state index in [2.05, 4.69) is 45.1 Å². The predicted molar refractivity (Wildman–Crippen MR) is 84.6 cm³/mol. The van der Waals surface area contributed by atoms with Crippen LogP contribution in [0.25, 0.3) is 0 Å². The molecule has 0 saturated carbocycles. The fraction of sp³-hybridized carbons (Fsp3) is 0.294. The van der Waals surface area contributed by atoms with Crippen LogP contribution in [0.4, 0.5) is 11.5 Å². The van der Waals surface area contributed by atoms with Crippen molar-refractivity contribution in [1.82, 2.24) is 4.98 Å². The highest BCUT2D eigenvalue weighted by Crippen LogP contribution is 2.20. The van der Waals surface area contributed by atoms with E-state index in [1.54, 1.807) is 0 Å². The van der Waals surface area contributed by atoms with Crippen molar-refractivity contribution in [2.45, 2.75) is 6.92 Å². The van der Waals surface area contributed by atoms with Crippen molar-refractivity contribution in [2.24, 2.45) is 0 Å². The molecule has 3 rings (SSSR count). The van der Waals surface area contributed by atoms with Crippen LogP contribution in [-0.4, -0.2) is 31.2 Å². The van der Waals surface area contributed by atoms with Gasteiger partial charge in [-0.2, -0.15) is 5.26 Å². The second-order valence-corrected chi connectivity index (χ2v) is 5.28. The van der Waals surface area contributed by atoms with Crippen molar-refractivity contribution < 1.29 is 0 Å². The van der Waals surface area contributed by atoms with Crippen molar-refractivity contribution in [3.8, 4) is 6.07 Å². The van der Waals surface area contributed by atoms with E-state index in [0.717, 1.165) is 37.7 Å². The van der Waals surface area contributed by atoms with Crippen LogP contribution < -0.4 is 9.80 Å². The van der Waals surface area contributed by atoms with Gasteiger partial charge in [-0.15, -0.1) is 0 Å². The second kappa shape index (κ2) is 5.84. The highest BCUT2D eigenvalue weighted by Gasteiger charge is 2.18. The molecule has 4 nitrogen and oxygen atoms in total. The van der Waals surface area contributed by atoms with Gasteiger partial charge in [-0.05, 0) is 31.2 Å². The van der Waals surface area contributed by atoms with E-state index in [4.69, 9.17) is 5.26 Å². The summed E-state index contributed by atoms with van der Waals surface area (Å²) in [5.41, 5.74) is 2.85. The molecule has 0 unspecified atom stereocenters. The number of piperazine rings is 1. The first-order valence-corrected chi connectivity index (χ1v) is 7.20. The molecule has 0 amide bonds. The minimum atomic E-state index is 0.683. The topological polar surface area (TPSA) is 43.2 Å². The normalized spacial score (nSPS) is 14.9. The highest BCUT2D eigenvalue weighted by atomic mass is 15.3. The zero-order valence-corrected chi connectivity index (χ0v) is 12.2. The van der Waals surface area contributed by atoms with Gasteiger partial charge in [0.25, 0.3) is 0 Å². The number of para-hydroxylation sites is 1. The minimum Gasteiger partial charge on any atom is -0.368 e. The number of aromatic nitrogens is 1. The van der Waals surface area contributed by atoms with Gasteiger partial charge in [-0.3, -0.25) is 0 Å². The molecule has 0 atom stereocenters. The number of pyridine rings is 1. The summed E-state index contributed by atoms with van der Waals surface area (Å²) in [6.45, 7) is 5.74. The molecule has 0 radical (unpaired) electrons. The van der Waals surface area contributed by atoms with Crippen LogP contribution in [0.2, 0.25) is 0 Å². The third kappa shape index (κ3) is 2.97. The van der Waals surface area contributed by atoms with Gasteiger partial charge in [0, 0.05) is 37.6 Å². The molecule has 1 aromatic carbocycles. The Kier molecular flexibility index (Phi) is 3.74. The summed E-state index contributed by atoms with van der Waals surface area (Å²) >= 11 is 0. The van der Waals surface area contributed by atoms with Crippen molar-refractivity contribution in [3.63, 3.8) is 0 Å². The first-order valence-electron chi connectivity index (χ1n) is 7.20. The van der Waals surface area contributed by atoms with Crippen LogP contribution in [0.3, 0.4) is 0 Å². The maximum atomic E-state index is 9.07. The molecule has 0 N–H and O–H groups in total. The summed E-state index contributed by atoms with van der Waals surface area (Å²) < 4.78 is 0. The highest BCUT2D eigenvalue weighted by molar-refractivity contribution is 5.51. The van der Waals surface area contributed by atoms with Gasteiger partial charge in [-0.25, -0.2) is 4.98 Å². The number of nitrogens with zero attached hydrogens (tertiary/aromatic N) is 4. The number of rotatable bonds is 2. The predicted octanol–water partition coefficient (Wildman–Crippen LogP) is 2.59. The van der Waals surface area contributed by atoms with Crippen molar-refractivity contribution in [1.29, 1.82) is 5.26 Å². The van der Waals surface area contributed by atoms with Crippen LogP contribution in [0.5, 0.6) is 0 Å². The van der Waals surface area contributed by atoms with Gasteiger partial charge in [0.2, 0.25) is 0 Å².